The predicted octanol–water partition coefficient (Wildman–Crippen LogP) is 5.25. The summed E-state index contributed by atoms with van der Waals surface area (Å²) >= 11 is 0. The standard InChI is InChI=1S/C26H24N2O4/c1-3-6-23-24(12-11-22(17(2)29)25(23)30)32-16-19-8-4-9-20(13-19)26(31)28-21-10-5-7-18(14-21)15-27/h4-5,7-14,30H,3,6,16H2,1-2H3,(H,28,31). The average molecular weight is 428 g/mol. The van der Waals surface area contributed by atoms with Gasteiger partial charge in [0.1, 0.15) is 18.1 Å². The molecule has 162 valence electrons. The van der Waals surface area contributed by atoms with Crippen molar-refractivity contribution in [1.82, 2.24) is 0 Å². The molecule has 0 atom stereocenters. The van der Waals surface area contributed by atoms with Gasteiger partial charge in [-0.15, -0.1) is 0 Å². The fraction of sp³-hybridized carbons (Fsp3) is 0.192. The summed E-state index contributed by atoms with van der Waals surface area (Å²) in [5.41, 5.74) is 3.12. The van der Waals surface area contributed by atoms with Crippen LogP contribution in [-0.2, 0) is 13.0 Å². The first-order chi connectivity index (χ1) is 15.4. The van der Waals surface area contributed by atoms with E-state index >= 15 is 0 Å². The highest BCUT2D eigenvalue weighted by atomic mass is 16.5. The van der Waals surface area contributed by atoms with Crippen molar-refractivity contribution in [3.05, 3.63) is 88.5 Å². The first-order valence-electron chi connectivity index (χ1n) is 10.3. The molecule has 6 nitrogen and oxygen atoms in total. The summed E-state index contributed by atoms with van der Waals surface area (Å²) in [6.07, 6.45) is 1.36. The van der Waals surface area contributed by atoms with Gasteiger partial charge < -0.3 is 15.2 Å². The summed E-state index contributed by atoms with van der Waals surface area (Å²) in [7, 11) is 0. The number of ether oxygens (including phenoxy) is 1. The van der Waals surface area contributed by atoms with Crippen molar-refractivity contribution in [2.45, 2.75) is 33.3 Å². The summed E-state index contributed by atoms with van der Waals surface area (Å²) < 4.78 is 5.94. The van der Waals surface area contributed by atoms with Crippen LogP contribution < -0.4 is 10.1 Å². The Labute approximate surface area is 187 Å². The number of nitrogens with one attached hydrogen (secondary N) is 1. The molecule has 0 aliphatic rings. The highest BCUT2D eigenvalue weighted by Gasteiger charge is 2.16. The smallest absolute Gasteiger partial charge is 0.255 e. The van der Waals surface area contributed by atoms with Crippen LogP contribution in [0.15, 0.2) is 60.7 Å². The van der Waals surface area contributed by atoms with Gasteiger partial charge in [-0.2, -0.15) is 5.26 Å². The summed E-state index contributed by atoms with van der Waals surface area (Å²) in [5, 5.41) is 22.3. The van der Waals surface area contributed by atoms with Crippen LogP contribution in [0.25, 0.3) is 0 Å². The van der Waals surface area contributed by atoms with Crippen LogP contribution in [0.1, 0.15) is 57.7 Å². The normalized spacial score (nSPS) is 10.3. The van der Waals surface area contributed by atoms with E-state index in [1.54, 1.807) is 54.6 Å². The van der Waals surface area contributed by atoms with E-state index in [1.807, 2.05) is 19.1 Å². The number of aromatic hydroxyl groups is 1. The number of ketones is 1. The molecule has 0 heterocycles. The monoisotopic (exact) mass is 428 g/mol. The lowest BCUT2D eigenvalue weighted by molar-refractivity contribution is 0.101. The summed E-state index contributed by atoms with van der Waals surface area (Å²) in [4.78, 5) is 24.4. The molecule has 0 fully saturated rings. The largest absolute Gasteiger partial charge is 0.507 e. The van der Waals surface area contributed by atoms with E-state index < -0.39 is 0 Å². The van der Waals surface area contributed by atoms with Gasteiger partial charge in [0.25, 0.3) is 5.91 Å². The highest BCUT2D eigenvalue weighted by Crippen LogP contribution is 2.33. The Morgan fingerprint density at radius 1 is 1.09 bits per heavy atom. The van der Waals surface area contributed by atoms with Gasteiger partial charge in [-0.3, -0.25) is 9.59 Å². The molecule has 0 bridgehead atoms. The molecular formula is C26H24N2O4. The van der Waals surface area contributed by atoms with E-state index in [9.17, 15) is 14.7 Å². The Morgan fingerprint density at radius 2 is 1.88 bits per heavy atom. The maximum atomic E-state index is 12.6. The van der Waals surface area contributed by atoms with E-state index in [-0.39, 0.29) is 29.6 Å². The lowest BCUT2D eigenvalue weighted by Gasteiger charge is -2.15. The summed E-state index contributed by atoms with van der Waals surface area (Å²) in [6.45, 7) is 3.59. The fourth-order valence-electron chi connectivity index (χ4n) is 3.36. The van der Waals surface area contributed by atoms with Crippen molar-refractivity contribution < 1.29 is 19.4 Å². The van der Waals surface area contributed by atoms with Gasteiger partial charge in [0.2, 0.25) is 0 Å². The zero-order valence-corrected chi connectivity index (χ0v) is 18.0. The number of anilines is 1. The minimum absolute atomic E-state index is 0.0374. The number of hydrogen-bond acceptors (Lipinski definition) is 5. The van der Waals surface area contributed by atoms with Gasteiger partial charge in [-0.05, 0) is 61.4 Å². The van der Waals surface area contributed by atoms with Gasteiger partial charge in [0.05, 0.1) is 17.2 Å². The van der Waals surface area contributed by atoms with E-state index in [4.69, 9.17) is 10.00 Å². The molecule has 3 rings (SSSR count). The lowest BCUT2D eigenvalue weighted by Crippen LogP contribution is -2.12. The second-order valence-electron chi connectivity index (χ2n) is 7.38. The second kappa shape index (κ2) is 10.3. The van der Waals surface area contributed by atoms with Crippen LogP contribution in [-0.4, -0.2) is 16.8 Å². The van der Waals surface area contributed by atoms with Gasteiger partial charge in [-0.25, -0.2) is 0 Å². The molecule has 0 aliphatic heterocycles. The number of phenolic OH excluding ortho intramolecular Hbond substituents is 1. The Balaban J connectivity index is 1.75. The van der Waals surface area contributed by atoms with Gasteiger partial charge in [0.15, 0.2) is 5.78 Å². The molecule has 32 heavy (non-hydrogen) atoms. The number of rotatable bonds is 8. The minimum atomic E-state index is -0.294. The Morgan fingerprint density at radius 3 is 2.59 bits per heavy atom. The molecule has 6 heteroatoms. The van der Waals surface area contributed by atoms with Crippen molar-refractivity contribution in [2.24, 2.45) is 0 Å². The van der Waals surface area contributed by atoms with Crippen LogP contribution in [0.4, 0.5) is 5.69 Å². The highest BCUT2D eigenvalue weighted by molar-refractivity contribution is 6.04. The Hall–Kier alpha value is -4.11. The van der Waals surface area contributed by atoms with Gasteiger partial charge >= 0.3 is 0 Å². The molecule has 3 aromatic carbocycles. The zero-order valence-electron chi connectivity index (χ0n) is 18.0. The van der Waals surface area contributed by atoms with E-state index in [2.05, 4.69) is 5.32 Å². The third-order valence-corrected chi connectivity index (χ3v) is 4.95. The zero-order chi connectivity index (χ0) is 23.1. The van der Waals surface area contributed by atoms with Gasteiger partial charge in [-0.1, -0.05) is 31.5 Å². The van der Waals surface area contributed by atoms with Crippen LogP contribution in [0, 0.1) is 11.3 Å². The van der Waals surface area contributed by atoms with Crippen molar-refractivity contribution >= 4 is 17.4 Å². The van der Waals surface area contributed by atoms with Crippen molar-refractivity contribution in [3.63, 3.8) is 0 Å². The van der Waals surface area contributed by atoms with Gasteiger partial charge in [0, 0.05) is 16.8 Å². The third kappa shape index (κ3) is 5.32. The number of hydrogen-bond donors (Lipinski definition) is 2. The molecule has 0 unspecified atom stereocenters. The fourth-order valence-corrected chi connectivity index (χ4v) is 3.36. The number of phenols is 1. The van der Waals surface area contributed by atoms with Crippen LogP contribution in [0.3, 0.4) is 0 Å². The first-order valence-corrected chi connectivity index (χ1v) is 10.3. The number of carbonyl (C=O) groups excluding carboxylic acids is 2. The molecule has 0 saturated carbocycles. The Kier molecular flexibility index (Phi) is 7.25. The topological polar surface area (TPSA) is 99.4 Å². The number of carbonyl (C=O) groups is 2. The summed E-state index contributed by atoms with van der Waals surface area (Å²) in [6, 6.07) is 19.0. The number of Topliss-reactive ketones (excluding diaryl/α,β-unsaturated/α-hetero) is 1. The second-order valence-corrected chi connectivity index (χ2v) is 7.38. The van der Waals surface area contributed by atoms with E-state index in [0.29, 0.717) is 34.5 Å². The minimum Gasteiger partial charge on any atom is -0.507 e. The molecule has 2 N–H and O–H groups in total. The van der Waals surface area contributed by atoms with Crippen molar-refractivity contribution in [2.75, 3.05) is 5.32 Å². The SMILES string of the molecule is CCCc1c(OCc2cccc(C(=O)Nc3cccc(C#N)c3)c2)ccc(C(C)=O)c1O. The Bertz CT molecular complexity index is 1190. The number of nitrogens with zero attached hydrogens (tertiary/aromatic N) is 1. The van der Waals surface area contributed by atoms with Crippen LogP contribution >= 0.6 is 0 Å². The molecule has 0 spiro atoms. The number of nitriles is 1. The predicted molar refractivity (Wildman–Crippen MR) is 122 cm³/mol. The number of amides is 1. The maximum absolute atomic E-state index is 12.6. The summed E-state index contributed by atoms with van der Waals surface area (Å²) in [5.74, 6) is -0.0235. The van der Waals surface area contributed by atoms with Crippen molar-refractivity contribution in [1.29, 1.82) is 5.26 Å². The first kappa shape index (κ1) is 22.6. The molecule has 3 aromatic rings. The molecule has 0 aromatic heterocycles. The maximum Gasteiger partial charge on any atom is 0.255 e. The molecular weight excluding hydrogens is 404 g/mol. The van der Waals surface area contributed by atoms with Crippen LogP contribution in [0.2, 0.25) is 0 Å². The van der Waals surface area contributed by atoms with Crippen molar-refractivity contribution in [3.8, 4) is 17.6 Å². The quantitative estimate of drug-likeness (QED) is 0.477. The lowest BCUT2D eigenvalue weighted by atomic mass is 10.0. The molecule has 1 amide bonds. The van der Waals surface area contributed by atoms with Crippen LogP contribution in [0.5, 0.6) is 11.5 Å². The number of benzene rings is 3. The molecule has 0 radical (unpaired) electrons. The van der Waals surface area contributed by atoms with E-state index in [0.717, 1.165) is 12.0 Å². The third-order valence-electron chi connectivity index (χ3n) is 4.95. The molecule has 0 aliphatic carbocycles. The molecule has 0 saturated heterocycles. The average Bonchev–Trinajstić information content (AvgIpc) is 2.79. The van der Waals surface area contributed by atoms with E-state index in [1.165, 1.54) is 6.92 Å².